The summed E-state index contributed by atoms with van der Waals surface area (Å²) in [5.41, 5.74) is 0. The standard InChI is InChI=1S/C12H23N3O3/c1-14(2)12(17)13-10-4-7-15(8-5-10)11(16)6-9-18-3/h10H,4-9H2,1-3H3,(H,13,17). The van der Waals surface area contributed by atoms with Gasteiger partial charge in [0.25, 0.3) is 0 Å². The summed E-state index contributed by atoms with van der Waals surface area (Å²) in [5.74, 6) is 0.134. The molecule has 1 heterocycles. The van der Waals surface area contributed by atoms with E-state index in [9.17, 15) is 9.59 Å². The van der Waals surface area contributed by atoms with Gasteiger partial charge in [0.1, 0.15) is 0 Å². The maximum Gasteiger partial charge on any atom is 0.317 e. The number of piperidine rings is 1. The van der Waals surface area contributed by atoms with Crippen LogP contribution in [0.4, 0.5) is 4.79 Å². The molecular weight excluding hydrogens is 234 g/mol. The molecule has 3 amide bonds. The monoisotopic (exact) mass is 257 g/mol. The molecule has 1 rings (SSSR count). The molecule has 18 heavy (non-hydrogen) atoms. The first-order valence-electron chi connectivity index (χ1n) is 6.29. The second-order valence-electron chi connectivity index (χ2n) is 4.74. The molecule has 0 radical (unpaired) electrons. The molecule has 0 bridgehead atoms. The fraction of sp³-hybridized carbons (Fsp3) is 0.833. The summed E-state index contributed by atoms with van der Waals surface area (Å²) in [6, 6.07) is 0.102. The molecule has 0 spiro atoms. The van der Waals surface area contributed by atoms with Gasteiger partial charge in [-0.15, -0.1) is 0 Å². The molecule has 104 valence electrons. The molecular formula is C12H23N3O3. The van der Waals surface area contributed by atoms with Crippen molar-refractivity contribution in [2.24, 2.45) is 0 Å². The zero-order valence-corrected chi connectivity index (χ0v) is 11.4. The van der Waals surface area contributed by atoms with Gasteiger partial charge in [-0.2, -0.15) is 0 Å². The topological polar surface area (TPSA) is 61.9 Å². The number of amides is 3. The maximum atomic E-state index is 11.7. The molecule has 1 saturated heterocycles. The Bertz CT molecular complexity index is 286. The zero-order chi connectivity index (χ0) is 13.5. The predicted octanol–water partition coefficient (Wildman–Crippen LogP) is 0.285. The first kappa shape index (κ1) is 14.8. The van der Waals surface area contributed by atoms with Crippen LogP contribution in [0.3, 0.4) is 0 Å². The highest BCUT2D eigenvalue weighted by Gasteiger charge is 2.23. The van der Waals surface area contributed by atoms with E-state index < -0.39 is 0 Å². The molecule has 0 saturated carbocycles. The van der Waals surface area contributed by atoms with Gasteiger partial charge in [-0.3, -0.25) is 4.79 Å². The average molecular weight is 257 g/mol. The molecule has 6 nitrogen and oxygen atoms in total. The van der Waals surface area contributed by atoms with Crippen molar-refractivity contribution in [3.63, 3.8) is 0 Å². The molecule has 6 heteroatoms. The van der Waals surface area contributed by atoms with Crippen molar-refractivity contribution in [2.45, 2.75) is 25.3 Å². The molecule has 1 aliphatic heterocycles. The number of ether oxygens (including phenoxy) is 1. The van der Waals surface area contributed by atoms with Crippen LogP contribution in [-0.2, 0) is 9.53 Å². The van der Waals surface area contributed by atoms with Gasteiger partial charge in [0.2, 0.25) is 5.91 Å². The van der Waals surface area contributed by atoms with Crippen LogP contribution in [0.25, 0.3) is 0 Å². The van der Waals surface area contributed by atoms with E-state index in [0.29, 0.717) is 26.1 Å². The van der Waals surface area contributed by atoms with Crippen molar-refractivity contribution in [3.05, 3.63) is 0 Å². The van der Waals surface area contributed by atoms with E-state index in [1.165, 1.54) is 4.90 Å². The molecule has 1 aliphatic rings. The second-order valence-corrected chi connectivity index (χ2v) is 4.74. The number of carbonyl (C=O) groups is 2. The number of nitrogens with one attached hydrogen (secondary N) is 1. The summed E-state index contributed by atoms with van der Waals surface area (Å²) in [5, 5.41) is 2.95. The summed E-state index contributed by atoms with van der Waals surface area (Å²) < 4.78 is 4.89. The van der Waals surface area contributed by atoms with Gasteiger partial charge in [0.15, 0.2) is 0 Å². The SMILES string of the molecule is COCCC(=O)N1CCC(NC(=O)N(C)C)CC1. The lowest BCUT2D eigenvalue weighted by atomic mass is 10.0. The molecule has 0 aromatic carbocycles. The Hall–Kier alpha value is -1.30. The van der Waals surface area contributed by atoms with Crippen LogP contribution in [0.15, 0.2) is 0 Å². The van der Waals surface area contributed by atoms with Crippen LogP contribution in [-0.4, -0.2) is 68.7 Å². The van der Waals surface area contributed by atoms with E-state index in [1.807, 2.05) is 4.90 Å². The highest BCUT2D eigenvalue weighted by molar-refractivity contribution is 5.76. The molecule has 0 aromatic heterocycles. The highest BCUT2D eigenvalue weighted by atomic mass is 16.5. The summed E-state index contributed by atoms with van der Waals surface area (Å²) >= 11 is 0. The van der Waals surface area contributed by atoms with Gasteiger partial charge < -0.3 is 19.9 Å². The zero-order valence-electron chi connectivity index (χ0n) is 11.4. The normalized spacial score (nSPS) is 16.5. The van der Waals surface area contributed by atoms with E-state index >= 15 is 0 Å². The minimum absolute atomic E-state index is 0.0702. The number of hydrogen-bond acceptors (Lipinski definition) is 3. The van der Waals surface area contributed by atoms with E-state index in [2.05, 4.69) is 5.32 Å². The summed E-state index contributed by atoms with van der Waals surface area (Å²) in [6.45, 7) is 1.89. The van der Waals surface area contributed by atoms with Gasteiger partial charge in [-0.1, -0.05) is 0 Å². The summed E-state index contributed by atoms with van der Waals surface area (Å²) in [6.07, 6.45) is 2.07. The fourth-order valence-electron chi connectivity index (χ4n) is 1.92. The Kier molecular flexibility index (Phi) is 5.91. The van der Waals surface area contributed by atoms with Crippen molar-refractivity contribution in [1.82, 2.24) is 15.1 Å². The third kappa shape index (κ3) is 4.52. The average Bonchev–Trinajstić information content (AvgIpc) is 2.36. The number of rotatable bonds is 4. The number of nitrogens with zero attached hydrogens (tertiary/aromatic N) is 2. The Labute approximate surface area is 108 Å². The molecule has 0 aromatic rings. The fourth-order valence-corrected chi connectivity index (χ4v) is 1.92. The van der Waals surface area contributed by atoms with E-state index in [0.717, 1.165) is 12.8 Å². The molecule has 1 N–H and O–H groups in total. The number of methoxy groups -OCH3 is 1. The van der Waals surface area contributed by atoms with Crippen LogP contribution < -0.4 is 5.32 Å². The van der Waals surface area contributed by atoms with Crippen LogP contribution in [0, 0.1) is 0 Å². The molecule has 0 unspecified atom stereocenters. The largest absolute Gasteiger partial charge is 0.384 e. The van der Waals surface area contributed by atoms with Crippen LogP contribution in [0.5, 0.6) is 0 Å². The van der Waals surface area contributed by atoms with Crippen LogP contribution in [0.2, 0.25) is 0 Å². The number of hydrogen-bond donors (Lipinski definition) is 1. The third-order valence-corrected chi connectivity index (χ3v) is 3.10. The smallest absolute Gasteiger partial charge is 0.317 e. The van der Waals surface area contributed by atoms with E-state index in [4.69, 9.17) is 4.74 Å². The lowest BCUT2D eigenvalue weighted by Gasteiger charge is -2.33. The Morgan fingerprint density at radius 3 is 2.44 bits per heavy atom. The van der Waals surface area contributed by atoms with Crippen molar-refractivity contribution in [1.29, 1.82) is 0 Å². The molecule has 1 fully saturated rings. The summed E-state index contributed by atoms with van der Waals surface area (Å²) in [7, 11) is 5.04. The lowest BCUT2D eigenvalue weighted by molar-refractivity contribution is -0.133. The molecule has 0 atom stereocenters. The second kappa shape index (κ2) is 7.20. The van der Waals surface area contributed by atoms with Gasteiger partial charge >= 0.3 is 6.03 Å². The van der Waals surface area contributed by atoms with Crippen molar-refractivity contribution >= 4 is 11.9 Å². The minimum Gasteiger partial charge on any atom is -0.384 e. The Morgan fingerprint density at radius 1 is 1.33 bits per heavy atom. The number of likely N-dealkylation sites (tertiary alicyclic amines) is 1. The third-order valence-electron chi connectivity index (χ3n) is 3.10. The number of carbonyl (C=O) groups excluding carboxylic acids is 2. The predicted molar refractivity (Wildman–Crippen MR) is 68.3 cm³/mol. The quantitative estimate of drug-likeness (QED) is 0.787. The van der Waals surface area contributed by atoms with E-state index in [-0.39, 0.29) is 18.0 Å². The van der Waals surface area contributed by atoms with Crippen LogP contribution >= 0.6 is 0 Å². The summed E-state index contributed by atoms with van der Waals surface area (Å²) in [4.78, 5) is 26.6. The lowest BCUT2D eigenvalue weighted by Crippen LogP contribution is -2.48. The van der Waals surface area contributed by atoms with Crippen LogP contribution in [0.1, 0.15) is 19.3 Å². The minimum atomic E-state index is -0.0702. The molecule has 0 aliphatic carbocycles. The van der Waals surface area contributed by atoms with Crippen molar-refractivity contribution in [3.8, 4) is 0 Å². The van der Waals surface area contributed by atoms with E-state index in [1.54, 1.807) is 21.2 Å². The van der Waals surface area contributed by atoms with Crippen molar-refractivity contribution in [2.75, 3.05) is 40.9 Å². The van der Waals surface area contributed by atoms with Crippen molar-refractivity contribution < 1.29 is 14.3 Å². The van der Waals surface area contributed by atoms with Gasteiger partial charge in [-0.25, -0.2) is 4.79 Å². The first-order chi connectivity index (χ1) is 8.54. The first-order valence-corrected chi connectivity index (χ1v) is 6.29. The maximum absolute atomic E-state index is 11.7. The van der Waals surface area contributed by atoms with Gasteiger partial charge in [0.05, 0.1) is 13.0 Å². The Balaban J connectivity index is 2.28. The van der Waals surface area contributed by atoms with Gasteiger partial charge in [-0.05, 0) is 12.8 Å². The van der Waals surface area contributed by atoms with Gasteiger partial charge in [0, 0.05) is 40.3 Å². The Morgan fingerprint density at radius 2 is 1.94 bits per heavy atom. The highest BCUT2D eigenvalue weighted by Crippen LogP contribution is 2.11. The number of urea groups is 1.